The van der Waals surface area contributed by atoms with Crippen LogP contribution in [0.15, 0.2) is 72.3 Å². The van der Waals surface area contributed by atoms with Gasteiger partial charge in [0.2, 0.25) is 0 Å². The summed E-state index contributed by atoms with van der Waals surface area (Å²) < 4.78 is 11.0. The number of carbonyl (C=O) groups is 3. The van der Waals surface area contributed by atoms with Gasteiger partial charge >= 0.3 is 5.97 Å². The molecule has 1 unspecified atom stereocenters. The van der Waals surface area contributed by atoms with Crippen LogP contribution in [0.1, 0.15) is 60.3 Å². The molecular weight excluding hydrogens is 498 g/mol. The number of ketones is 1. The van der Waals surface area contributed by atoms with Gasteiger partial charge in [0.25, 0.3) is 11.7 Å². The Hall–Kier alpha value is -4.59. The van der Waals surface area contributed by atoms with E-state index in [4.69, 9.17) is 9.47 Å². The molecule has 3 aromatic carbocycles. The summed E-state index contributed by atoms with van der Waals surface area (Å²) in [6.45, 7) is 7.84. The predicted molar refractivity (Wildman–Crippen MR) is 147 cm³/mol. The molecule has 0 radical (unpaired) electrons. The van der Waals surface area contributed by atoms with Crippen molar-refractivity contribution in [3.8, 4) is 11.5 Å². The summed E-state index contributed by atoms with van der Waals surface area (Å²) >= 11 is 0. The van der Waals surface area contributed by atoms with Crippen LogP contribution >= 0.6 is 0 Å². The lowest BCUT2D eigenvalue weighted by atomic mass is 9.94. The minimum atomic E-state index is -0.976. The maximum atomic E-state index is 13.4. The fraction of sp³-hybridized carbons (Fsp3) is 0.258. The number of rotatable bonds is 8. The fourth-order valence-corrected chi connectivity index (χ4v) is 4.45. The number of phenols is 1. The number of benzene rings is 3. The molecule has 0 saturated carbocycles. The van der Waals surface area contributed by atoms with Gasteiger partial charge in [-0.2, -0.15) is 0 Å². The summed E-state index contributed by atoms with van der Waals surface area (Å²) in [4.78, 5) is 40.3. The molecule has 202 valence electrons. The molecule has 0 aliphatic carbocycles. The number of hydrogen-bond acceptors (Lipinski definition) is 7. The van der Waals surface area contributed by atoms with Crippen LogP contribution in [0.4, 0.5) is 5.69 Å². The maximum absolute atomic E-state index is 13.4. The number of nitrogens with zero attached hydrogens (tertiary/aromatic N) is 1. The third-order valence-electron chi connectivity index (χ3n) is 6.28. The van der Waals surface area contributed by atoms with E-state index in [-0.39, 0.29) is 23.2 Å². The molecule has 2 N–H and O–H groups in total. The van der Waals surface area contributed by atoms with Gasteiger partial charge in [-0.3, -0.25) is 14.5 Å². The Labute approximate surface area is 227 Å². The second kappa shape index (κ2) is 11.4. The molecule has 4 rings (SSSR count). The summed E-state index contributed by atoms with van der Waals surface area (Å²) in [7, 11) is 0. The molecule has 0 spiro atoms. The third-order valence-corrected chi connectivity index (χ3v) is 6.28. The molecule has 3 aromatic rings. The number of carbonyl (C=O) groups excluding carboxylic acids is 3. The van der Waals surface area contributed by atoms with Crippen molar-refractivity contribution >= 4 is 29.1 Å². The second-order valence-corrected chi connectivity index (χ2v) is 9.59. The number of anilines is 1. The number of hydrogen-bond donors (Lipinski definition) is 2. The zero-order chi connectivity index (χ0) is 28.3. The first-order chi connectivity index (χ1) is 18.6. The molecule has 1 aliphatic rings. The molecule has 0 bridgehead atoms. The van der Waals surface area contributed by atoms with Crippen molar-refractivity contribution in [2.45, 2.75) is 46.3 Å². The molecule has 8 nitrogen and oxygen atoms in total. The van der Waals surface area contributed by atoms with Gasteiger partial charge in [-0.1, -0.05) is 19.1 Å². The SMILES string of the molecule is CCCOC(=O)c1ccc(N2C(=O)C(=O)/C(=C(\O)c3ccc(OC(C)C)c(C)c3)C2c2ccc(O)cc2)cc1. The fourth-order valence-electron chi connectivity index (χ4n) is 4.45. The number of aryl methyl sites for hydroxylation is 1. The van der Waals surface area contributed by atoms with Gasteiger partial charge in [0.05, 0.1) is 29.9 Å². The number of Topliss-reactive ketones (excluding diaryl/α,β-unsaturated/α-hetero) is 1. The Morgan fingerprint density at radius 2 is 1.62 bits per heavy atom. The minimum Gasteiger partial charge on any atom is -0.508 e. The molecule has 8 heteroatoms. The van der Waals surface area contributed by atoms with E-state index in [1.54, 1.807) is 42.5 Å². The van der Waals surface area contributed by atoms with Crippen LogP contribution in [-0.2, 0) is 14.3 Å². The van der Waals surface area contributed by atoms with Gasteiger partial charge in [0.15, 0.2) is 0 Å². The van der Waals surface area contributed by atoms with Gasteiger partial charge in [-0.05, 0) is 92.9 Å². The lowest BCUT2D eigenvalue weighted by Crippen LogP contribution is -2.29. The van der Waals surface area contributed by atoms with Crippen LogP contribution in [0.2, 0.25) is 0 Å². The minimum absolute atomic E-state index is 0.0158. The van der Waals surface area contributed by atoms with E-state index in [0.29, 0.717) is 41.2 Å². The van der Waals surface area contributed by atoms with Crippen molar-refractivity contribution in [3.63, 3.8) is 0 Å². The average Bonchev–Trinajstić information content (AvgIpc) is 3.18. The molecule has 1 saturated heterocycles. The van der Waals surface area contributed by atoms with Crippen molar-refractivity contribution in [2.24, 2.45) is 0 Å². The van der Waals surface area contributed by atoms with Gasteiger partial charge in [-0.25, -0.2) is 4.79 Å². The Balaban J connectivity index is 1.81. The van der Waals surface area contributed by atoms with Gasteiger partial charge in [-0.15, -0.1) is 0 Å². The first-order valence-electron chi connectivity index (χ1n) is 12.8. The molecule has 1 heterocycles. The summed E-state index contributed by atoms with van der Waals surface area (Å²) in [6, 6.07) is 16.3. The first-order valence-corrected chi connectivity index (χ1v) is 12.8. The molecule has 1 amide bonds. The van der Waals surface area contributed by atoms with E-state index >= 15 is 0 Å². The Morgan fingerprint density at radius 3 is 2.21 bits per heavy atom. The number of aromatic hydroxyl groups is 1. The van der Waals surface area contributed by atoms with Gasteiger partial charge in [0.1, 0.15) is 17.3 Å². The standard InChI is InChI=1S/C31H31NO7/c1-5-16-38-31(37)21-6-11-23(12-7-21)32-27(20-8-13-24(33)14-9-20)26(29(35)30(32)36)28(34)22-10-15-25(19(4)17-22)39-18(2)3/h6-15,17-18,27,33-34H,5,16H2,1-4H3/b28-26-. The zero-order valence-corrected chi connectivity index (χ0v) is 22.3. The van der Waals surface area contributed by atoms with Crippen LogP contribution in [0.5, 0.6) is 11.5 Å². The number of amides is 1. The quantitative estimate of drug-likeness (QED) is 0.167. The second-order valence-electron chi connectivity index (χ2n) is 9.59. The highest BCUT2D eigenvalue weighted by molar-refractivity contribution is 6.51. The lowest BCUT2D eigenvalue weighted by molar-refractivity contribution is -0.132. The van der Waals surface area contributed by atoms with E-state index in [9.17, 15) is 24.6 Å². The zero-order valence-electron chi connectivity index (χ0n) is 22.3. The van der Waals surface area contributed by atoms with Gasteiger partial charge in [0, 0.05) is 11.3 Å². The van der Waals surface area contributed by atoms with E-state index in [0.717, 1.165) is 5.56 Å². The topological polar surface area (TPSA) is 113 Å². The smallest absolute Gasteiger partial charge is 0.338 e. The van der Waals surface area contributed by atoms with E-state index < -0.39 is 23.7 Å². The number of ether oxygens (including phenoxy) is 2. The highest BCUT2D eigenvalue weighted by atomic mass is 16.5. The molecule has 39 heavy (non-hydrogen) atoms. The predicted octanol–water partition coefficient (Wildman–Crippen LogP) is 5.68. The number of aliphatic hydroxyl groups excluding tert-OH is 1. The summed E-state index contributed by atoms with van der Waals surface area (Å²) in [6.07, 6.45) is 0.650. The number of aliphatic hydroxyl groups is 1. The van der Waals surface area contributed by atoms with Crippen molar-refractivity contribution in [1.29, 1.82) is 0 Å². The van der Waals surface area contributed by atoms with E-state index in [1.165, 1.54) is 29.2 Å². The number of esters is 1. The van der Waals surface area contributed by atoms with Crippen LogP contribution in [0.3, 0.4) is 0 Å². The summed E-state index contributed by atoms with van der Waals surface area (Å²) in [5.74, 6) is -1.82. The Bertz CT molecular complexity index is 1420. The molecule has 0 aromatic heterocycles. The molecule has 1 atom stereocenters. The third kappa shape index (κ3) is 5.65. The Kier molecular flexibility index (Phi) is 8.04. The highest BCUT2D eigenvalue weighted by Crippen LogP contribution is 2.42. The van der Waals surface area contributed by atoms with E-state index in [1.807, 2.05) is 27.7 Å². The first kappa shape index (κ1) is 27.4. The van der Waals surface area contributed by atoms with Crippen LogP contribution in [0, 0.1) is 6.92 Å². The van der Waals surface area contributed by atoms with Crippen molar-refractivity contribution in [1.82, 2.24) is 0 Å². The molecule has 1 fully saturated rings. The van der Waals surface area contributed by atoms with Gasteiger partial charge < -0.3 is 19.7 Å². The van der Waals surface area contributed by atoms with Crippen LogP contribution in [-0.4, -0.2) is 40.6 Å². The normalized spacial score (nSPS) is 16.5. The van der Waals surface area contributed by atoms with Crippen molar-refractivity contribution in [3.05, 3.63) is 94.6 Å². The summed E-state index contributed by atoms with van der Waals surface area (Å²) in [5, 5.41) is 21.2. The molecular formula is C31H31NO7. The van der Waals surface area contributed by atoms with Crippen LogP contribution < -0.4 is 9.64 Å². The maximum Gasteiger partial charge on any atom is 0.338 e. The Morgan fingerprint density at radius 1 is 0.974 bits per heavy atom. The van der Waals surface area contributed by atoms with Crippen molar-refractivity contribution < 1.29 is 34.1 Å². The monoisotopic (exact) mass is 529 g/mol. The number of phenolic OH excluding ortho intramolecular Hbond substituents is 1. The van der Waals surface area contributed by atoms with Crippen LogP contribution in [0.25, 0.3) is 5.76 Å². The lowest BCUT2D eigenvalue weighted by Gasteiger charge is -2.25. The van der Waals surface area contributed by atoms with Crippen molar-refractivity contribution in [2.75, 3.05) is 11.5 Å². The summed E-state index contributed by atoms with van der Waals surface area (Å²) in [5.41, 5.74) is 2.21. The molecule has 1 aliphatic heterocycles. The largest absolute Gasteiger partial charge is 0.508 e. The highest BCUT2D eigenvalue weighted by Gasteiger charge is 2.47. The average molecular weight is 530 g/mol. The van der Waals surface area contributed by atoms with E-state index in [2.05, 4.69) is 0 Å².